The normalized spacial score (nSPS) is 19.1. The van der Waals surface area contributed by atoms with E-state index in [-0.39, 0.29) is 5.91 Å². The minimum absolute atomic E-state index is 0.0118. The highest BCUT2D eigenvalue weighted by Gasteiger charge is 2.24. The van der Waals surface area contributed by atoms with E-state index in [2.05, 4.69) is 38.2 Å². The zero-order chi connectivity index (χ0) is 14.7. The van der Waals surface area contributed by atoms with Crippen LogP contribution in [0.1, 0.15) is 16.8 Å². The molecule has 0 spiro atoms. The molecule has 1 atom stereocenters. The van der Waals surface area contributed by atoms with Crippen LogP contribution in [-0.4, -0.2) is 61.5 Å². The Labute approximate surface area is 128 Å². The molecule has 2 heterocycles. The fraction of sp³-hybridized carbons (Fsp3) is 0.571. The lowest BCUT2D eigenvalue weighted by Gasteiger charge is -2.22. The zero-order valence-electron chi connectivity index (χ0n) is 12.2. The average molecular weight is 341 g/mol. The largest absolute Gasteiger partial charge is 0.372 e. The van der Waals surface area contributed by atoms with Gasteiger partial charge in [0.15, 0.2) is 0 Å². The van der Waals surface area contributed by atoms with Crippen LogP contribution in [0.3, 0.4) is 0 Å². The summed E-state index contributed by atoms with van der Waals surface area (Å²) >= 11 is 3.37. The van der Waals surface area contributed by atoms with Crippen molar-refractivity contribution in [1.29, 1.82) is 0 Å². The predicted molar refractivity (Wildman–Crippen MR) is 84.0 cm³/mol. The first-order valence-corrected chi connectivity index (χ1v) is 7.58. The number of pyridine rings is 1. The van der Waals surface area contributed by atoms with Gasteiger partial charge in [0.05, 0.1) is 5.56 Å². The number of hydrogen-bond donors (Lipinski definition) is 1. The van der Waals surface area contributed by atoms with Gasteiger partial charge in [0.25, 0.3) is 5.91 Å². The summed E-state index contributed by atoms with van der Waals surface area (Å²) in [5.41, 5.74) is 0.607. The first kappa shape index (κ1) is 15.3. The van der Waals surface area contributed by atoms with Gasteiger partial charge in [-0.1, -0.05) is 0 Å². The highest BCUT2D eigenvalue weighted by atomic mass is 79.9. The third-order valence-electron chi connectivity index (χ3n) is 3.69. The molecule has 1 amide bonds. The standard InChI is InChI=1S/C14H21BrN4O/c1-16-13-12(6-11(15)7-17-13)14(20)19(3)9-10-4-5-18(2)8-10/h6-7,10H,4-5,8-9H2,1-3H3,(H,16,17). The highest BCUT2D eigenvalue weighted by molar-refractivity contribution is 9.10. The van der Waals surface area contributed by atoms with Crippen LogP contribution in [0.4, 0.5) is 5.82 Å². The Morgan fingerprint density at radius 2 is 2.40 bits per heavy atom. The second-order valence-corrected chi connectivity index (χ2v) is 6.32. The number of carbonyl (C=O) groups excluding carboxylic acids is 1. The van der Waals surface area contributed by atoms with E-state index in [1.807, 2.05) is 13.1 Å². The number of hydrogen-bond acceptors (Lipinski definition) is 4. The molecule has 0 aromatic carbocycles. The molecule has 1 aliphatic heterocycles. The third kappa shape index (κ3) is 3.49. The number of halogens is 1. The van der Waals surface area contributed by atoms with Crippen molar-refractivity contribution < 1.29 is 4.79 Å². The maximum atomic E-state index is 12.6. The molecule has 1 aromatic rings. The monoisotopic (exact) mass is 340 g/mol. The average Bonchev–Trinajstić information content (AvgIpc) is 2.83. The van der Waals surface area contributed by atoms with Gasteiger partial charge in [-0.15, -0.1) is 0 Å². The zero-order valence-corrected chi connectivity index (χ0v) is 13.8. The first-order chi connectivity index (χ1) is 9.51. The Morgan fingerprint density at radius 1 is 1.65 bits per heavy atom. The topological polar surface area (TPSA) is 48.5 Å². The van der Waals surface area contributed by atoms with E-state index in [4.69, 9.17) is 0 Å². The summed E-state index contributed by atoms with van der Waals surface area (Å²) in [7, 11) is 5.76. The molecule has 1 fully saturated rings. The third-order valence-corrected chi connectivity index (χ3v) is 4.12. The number of likely N-dealkylation sites (tertiary alicyclic amines) is 1. The van der Waals surface area contributed by atoms with Gasteiger partial charge >= 0.3 is 0 Å². The maximum absolute atomic E-state index is 12.6. The number of nitrogens with zero attached hydrogens (tertiary/aromatic N) is 3. The Morgan fingerprint density at radius 3 is 3.00 bits per heavy atom. The van der Waals surface area contributed by atoms with Gasteiger partial charge in [0.1, 0.15) is 5.82 Å². The van der Waals surface area contributed by atoms with Crippen molar-refractivity contribution in [3.05, 3.63) is 22.3 Å². The van der Waals surface area contributed by atoms with Crippen LogP contribution < -0.4 is 5.32 Å². The van der Waals surface area contributed by atoms with Crippen LogP contribution in [0.15, 0.2) is 16.7 Å². The Kier molecular flexibility index (Phi) is 4.99. The summed E-state index contributed by atoms with van der Waals surface area (Å²) in [6, 6.07) is 1.82. The van der Waals surface area contributed by atoms with Gasteiger partial charge in [-0.05, 0) is 47.9 Å². The van der Waals surface area contributed by atoms with Crippen LogP contribution in [0, 0.1) is 5.92 Å². The molecule has 0 saturated carbocycles. The molecule has 1 unspecified atom stereocenters. The summed E-state index contributed by atoms with van der Waals surface area (Å²) in [4.78, 5) is 20.9. The van der Waals surface area contributed by atoms with Crippen LogP contribution in [0.5, 0.6) is 0 Å². The van der Waals surface area contributed by atoms with Crippen LogP contribution in [-0.2, 0) is 0 Å². The van der Waals surface area contributed by atoms with Crippen molar-refractivity contribution in [1.82, 2.24) is 14.8 Å². The van der Waals surface area contributed by atoms with E-state index in [1.54, 1.807) is 18.1 Å². The molecule has 20 heavy (non-hydrogen) atoms. The summed E-state index contributed by atoms with van der Waals surface area (Å²) < 4.78 is 0.814. The molecule has 0 radical (unpaired) electrons. The van der Waals surface area contributed by atoms with E-state index in [9.17, 15) is 4.79 Å². The van der Waals surface area contributed by atoms with Crippen LogP contribution in [0.25, 0.3) is 0 Å². The molecular formula is C14H21BrN4O. The molecule has 0 aliphatic carbocycles. The molecule has 110 valence electrons. The van der Waals surface area contributed by atoms with Gasteiger partial charge < -0.3 is 15.1 Å². The predicted octanol–water partition coefficient (Wildman–Crippen LogP) is 1.91. The van der Waals surface area contributed by atoms with Gasteiger partial charge in [-0.25, -0.2) is 4.98 Å². The van der Waals surface area contributed by atoms with Gasteiger partial charge in [-0.2, -0.15) is 0 Å². The van der Waals surface area contributed by atoms with Crippen LogP contribution in [0.2, 0.25) is 0 Å². The Bertz CT molecular complexity index is 494. The molecule has 1 aromatic heterocycles. The van der Waals surface area contributed by atoms with Crippen LogP contribution >= 0.6 is 15.9 Å². The molecule has 2 rings (SSSR count). The number of nitrogens with one attached hydrogen (secondary N) is 1. The summed E-state index contributed by atoms with van der Waals surface area (Å²) in [6.07, 6.45) is 2.85. The number of aromatic nitrogens is 1. The fourth-order valence-corrected chi connectivity index (χ4v) is 2.98. The Balaban J connectivity index is 2.08. The lowest BCUT2D eigenvalue weighted by Crippen LogP contribution is -2.33. The van der Waals surface area contributed by atoms with Crippen molar-refractivity contribution in [3.63, 3.8) is 0 Å². The van der Waals surface area contributed by atoms with E-state index in [0.29, 0.717) is 17.3 Å². The lowest BCUT2D eigenvalue weighted by molar-refractivity contribution is 0.0774. The maximum Gasteiger partial charge on any atom is 0.257 e. The Hall–Kier alpha value is -1.14. The lowest BCUT2D eigenvalue weighted by atomic mass is 10.1. The van der Waals surface area contributed by atoms with Gasteiger partial charge in [0.2, 0.25) is 0 Å². The SMILES string of the molecule is CNc1ncc(Br)cc1C(=O)N(C)CC1CCN(C)C1. The first-order valence-electron chi connectivity index (χ1n) is 6.78. The minimum atomic E-state index is 0.0118. The summed E-state index contributed by atoms with van der Waals surface area (Å²) in [5.74, 6) is 1.19. The van der Waals surface area contributed by atoms with Crippen molar-refractivity contribution >= 4 is 27.7 Å². The van der Waals surface area contributed by atoms with Crippen molar-refractivity contribution in [2.24, 2.45) is 5.92 Å². The van der Waals surface area contributed by atoms with Crippen molar-refractivity contribution in [3.8, 4) is 0 Å². The molecule has 6 heteroatoms. The minimum Gasteiger partial charge on any atom is -0.372 e. The van der Waals surface area contributed by atoms with E-state index in [1.165, 1.54) is 0 Å². The molecule has 0 bridgehead atoms. The number of carbonyl (C=O) groups is 1. The second kappa shape index (κ2) is 6.54. The number of amides is 1. The molecule has 5 nitrogen and oxygen atoms in total. The quantitative estimate of drug-likeness (QED) is 0.909. The molecule has 1 saturated heterocycles. The summed E-state index contributed by atoms with van der Waals surface area (Å²) in [6.45, 7) is 2.97. The van der Waals surface area contributed by atoms with E-state index >= 15 is 0 Å². The number of rotatable bonds is 4. The van der Waals surface area contributed by atoms with Gasteiger partial charge in [-0.3, -0.25) is 4.79 Å². The summed E-state index contributed by atoms with van der Waals surface area (Å²) in [5, 5.41) is 2.97. The number of anilines is 1. The molecule has 1 N–H and O–H groups in total. The second-order valence-electron chi connectivity index (χ2n) is 5.40. The van der Waals surface area contributed by atoms with Crippen molar-refractivity contribution in [2.45, 2.75) is 6.42 Å². The molecular weight excluding hydrogens is 320 g/mol. The highest BCUT2D eigenvalue weighted by Crippen LogP contribution is 2.21. The van der Waals surface area contributed by atoms with E-state index in [0.717, 1.165) is 30.5 Å². The molecule has 1 aliphatic rings. The fourth-order valence-electron chi connectivity index (χ4n) is 2.65. The van der Waals surface area contributed by atoms with E-state index < -0.39 is 0 Å². The van der Waals surface area contributed by atoms with Crippen molar-refractivity contribution in [2.75, 3.05) is 46.1 Å². The smallest absolute Gasteiger partial charge is 0.257 e. The van der Waals surface area contributed by atoms with Gasteiger partial charge in [0, 0.05) is 37.9 Å².